The third-order valence-corrected chi connectivity index (χ3v) is 5.76. The van der Waals surface area contributed by atoms with Crippen LogP contribution in [0, 0.1) is 0 Å². The molecule has 2 aromatic carbocycles. The predicted molar refractivity (Wildman–Crippen MR) is 123 cm³/mol. The molecule has 0 aromatic heterocycles. The van der Waals surface area contributed by atoms with Crippen LogP contribution in [-0.2, 0) is 21.4 Å². The van der Waals surface area contributed by atoms with E-state index in [1.54, 1.807) is 31.4 Å². The maximum atomic E-state index is 12.5. The van der Waals surface area contributed by atoms with Crippen molar-refractivity contribution in [1.29, 1.82) is 0 Å². The Labute approximate surface area is 185 Å². The molecule has 7 nitrogen and oxygen atoms in total. The average molecular weight is 449 g/mol. The Bertz CT molecular complexity index is 986. The summed E-state index contributed by atoms with van der Waals surface area (Å²) < 4.78 is 36.7. The van der Waals surface area contributed by atoms with Gasteiger partial charge in [0.25, 0.3) is 0 Å². The van der Waals surface area contributed by atoms with Crippen LogP contribution < -0.4 is 19.1 Å². The van der Waals surface area contributed by atoms with Crippen molar-refractivity contribution < 1.29 is 22.7 Å². The average Bonchev–Trinajstić information content (AvgIpc) is 2.70. The molecule has 0 aliphatic heterocycles. The fourth-order valence-corrected chi connectivity index (χ4v) is 3.84. The molecule has 0 atom stereocenters. The summed E-state index contributed by atoms with van der Waals surface area (Å²) in [5.41, 5.74) is 2.37. The number of benzene rings is 2. The first-order chi connectivity index (χ1) is 14.5. The second kappa shape index (κ2) is 10.5. The van der Waals surface area contributed by atoms with E-state index in [0.29, 0.717) is 23.1 Å². The Kier molecular flexibility index (Phi) is 8.33. The van der Waals surface area contributed by atoms with E-state index in [2.05, 4.69) is 19.2 Å². The molecule has 1 N–H and O–H groups in total. The molecule has 31 heavy (non-hydrogen) atoms. The van der Waals surface area contributed by atoms with Crippen LogP contribution in [-0.4, -0.2) is 40.3 Å². The normalized spacial score (nSPS) is 11.5. The maximum Gasteiger partial charge on any atom is 0.241 e. The molecular formula is C23H32N2O5S. The third kappa shape index (κ3) is 7.17. The van der Waals surface area contributed by atoms with Crippen molar-refractivity contribution in [2.24, 2.45) is 0 Å². The van der Waals surface area contributed by atoms with Gasteiger partial charge in [0, 0.05) is 6.54 Å². The molecule has 0 heterocycles. The summed E-state index contributed by atoms with van der Waals surface area (Å²) in [6.07, 6.45) is 1.10. The van der Waals surface area contributed by atoms with Gasteiger partial charge in [-0.05, 0) is 55.2 Å². The van der Waals surface area contributed by atoms with Crippen LogP contribution in [0.15, 0.2) is 42.5 Å². The van der Waals surface area contributed by atoms with Gasteiger partial charge in [0.15, 0.2) is 11.5 Å². The first kappa shape index (κ1) is 24.5. The highest BCUT2D eigenvalue weighted by atomic mass is 32.2. The summed E-state index contributed by atoms with van der Waals surface area (Å²) in [6, 6.07) is 12.6. The zero-order valence-corrected chi connectivity index (χ0v) is 19.8. The fraction of sp³-hybridized carbons (Fsp3) is 0.435. The summed E-state index contributed by atoms with van der Waals surface area (Å²) in [7, 11) is -2.07. The van der Waals surface area contributed by atoms with Crippen LogP contribution in [0.5, 0.6) is 11.5 Å². The number of hydrogen-bond donors (Lipinski definition) is 1. The zero-order chi connectivity index (χ0) is 23.2. The highest BCUT2D eigenvalue weighted by molar-refractivity contribution is 7.92. The Balaban J connectivity index is 2.08. The molecule has 0 radical (unpaired) electrons. The van der Waals surface area contributed by atoms with Gasteiger partial charge < -0.3 is 14.8 Å². The lowest BCUT2D eigenvalue weighted by atomic mass is 10.0. The van der Waals surface area contributed by atoms with Gasteiger partial charge >= 0.3 is 0 Å². The van der Waals surface area contributed by atoms with E-state index in [0.717, 1.165) is 21.7 Å². The van der Waals surface area contributed by atoms with Crippen LogP contribution >= 0.6 is 0 Å². The van der Waals surface area contributed by atoms with E-state index in [1.807, 2.05) is 32.0 Å². The second-order valence-corrected chi connectivity index (χ2v) is 9.85. The van der Waals surface area contributed by atoms with Crippen molar-refractivity contribution in [2.75, 3.05) is 24.2 Å². The van der Waals surface area contributed by atoms with Crippen molar-refractivity contribution in [3.8, 4) is 11.5 Å². The minimum Gasteiger partial charge on any atom is -0.493 e. The molecule has 1 amide bonds. The summed E-state index contributed by atoms with van der Waals surface area (Å²) in [5, 5.41) is 2.77. The van der Waals surface area contributed by atoms with Gasteiger partial charge in [0.05, 0.1) is 25.2 Å². The second-order valence-electron chi connectivity index (χ2n) is 7.94. The number of methoxy groups -OCH3 is 1. The lowest BCUT2D eigenvalue weighted by molar-refractivity contribution is -0.119. The van der Waals surface area contributed by atoms with Gasteiger partial charge in [0.2, 0.25) is 15.9 Å². The topological polar surface area (TPSA) is 84.9 Å². The number of carbonyl (C=O) groups is 1. The monoisotopic (exact) mass is 448 g/mol. The first-order valence-corrected chi connectivity index (χ1v) is 12.0. The van der Waals surface area contributed by atoms with Crippen LogP contribution in [0.3, 0.4) is 0 Å². The molecule has 0 saturated carbocycles. The van der Waals surface area contributed by atoms with E-state index in [9.17, 15) is 13.2 Å². The highest BCUT2D eigenvalue weighted by Crippen LogP contribution is 2.29. The van der Waals surface area contributed by atoms with Gasteiger partial charge in [-0.25, -0.2) is 8.42 Å². The molecule has 0 aliphatic carbocycles. The van der Waals surface area contributed by atoms with Crippen molar-refractivity contribution in [3.63, 3.8) is 0 Å². The van der Waals surface area contributed by atoms with Gasteiger partial charge in [-0.15, -0.1) is 0 Å². The number of sulfonamides is 1. The molecule has 0 unspecified atom stereocenters. The molecule has 0 bridgehead atoms. The summed E-state index contributed by atoms with van der Waals surface area (Å²) in [5.74, 6) is 1.13. The van der Waals surface area contributed by atoms with Crippen LogP contribution in [0.25, 0.3) is 0 Å². The Hall–Kier alpha value is -2.74. The van der Waals surface area contributed by atoms with Crippen molar-refractivity contribution in [2.45, 2.75) is 46.3 Å². The zero-order valence-electron chi connectivity index (χ0n) is 19.0. The lowest BCUT2D eigenvalue weighted by Crippen LogP contribution is -2.40. The number of amides is 1. The Morgan fingerprint density at radius 1 is 1.03 bits per heavy atom. The Morgan fingerprint density at radius 3 is 2.19 bits per heavy atom. The van der Waals surface area contributed by atoms with Crippen LogP contribution in [0.2, 0.25) is 0 Å². The molecular weight excluding hydrogens is 416 g/mol. The molecule has 2 rings (SSSR count). The number of nitrogens with one attached hydrogen (secondary N) is 1. The van der Waals surface area contributed by atoms with Crippen molar-refractivity contribution >= 4 is 21.6 Å². The van der Waals surface area contributed by atoms with Crippen molar-refractivity contribution in [1.82, 2.24) is 5.32 Å². The lowest BCUT2D eigenvalue weighted by Gasteiger charge is -2.22. The number of ether oxygens (including phenoxy) is 2. The summed E-state index contributed by atoms with van der Waals surface area (Å²) in [4.78, 5) is 12.5. The molecule has 0 spiro atoms. The van der Waals surface area contributed by atoms with Gasteiger partial charge in [-0.1, -0.05) is 32.0 Å². The first-order valence-electron chi connectivity index (χ1n) is 10.2. The minimum absolute atomic E-state index is 0.0102. The van der Waals surface area contributed by atoms with E-state index >= 15 is 0 Å². The minimum atomic E-state index is -3.62. The van der Waals surface area contributed by atoms with Crippen LogP contribution in [0.1, 0.15) is 44.7 Å². The van der Waals surface area contributed by atoms with E-state index in [-0.39, 0.29) is 19.2 Å². The molecule has 0 saturated heterocycles. The summed E-state index contributed by atoms with van der Waals surface area (Å²) >= 11 is 0. The number of hydrogen-bond acceptors (Lipinski definition) is 5. The fourth-order valence-electron chi connectivity index (χ4n) is 2.99. The number of carbonyl (C=O) groups excluding carboxylic acids is 1. The van der Waals surface area contributed by atoms with Gasteiger partial charge in [0.1, 0.15) is 6.54 Å². The number of nitrogens with zero attached hydrogens (tertiary/aromatic N) is 1. The maximum absolute atomic E-state index is 12.5. The molecule has 170 valence electrons. The molecule has 2 aromatic rings. The van der Waals surface area contributed by atoms with Crippen molar-refractivity contribution in [3.05, 3.63) is 53.6 Å². The summed E-state index contributed by atoms with van der Waals surface area (Å²) in [6.45, 7) is 7.92. The van der Waals surface area contributed by atoms with Gasteiger partial charge in [-0.2, -0.15) is 0 Å². The largest absolute Gasteiger partial charge is 0.493 e. The van der Waals surface area contributed by atoms with E-state index in [4.69, 9.17) is 9.47 Å². The van der Waals surface area contributed by atoms with Gasteiger partial charge in [-0.3, -0.25) is 9.10 Å². The van der Waals surface area contributed by atoms with E-state index < -0.39 is 15.9 Å². The smallest absolute Gasteiger partial charge is 0.241 e. The van der Waals surface area contributed by atoms with Crippen LogP contribution in [0.4, 0.5) is 5.69 Å². The highest BCUT2D eigenvalue weighted by Gasteiger charge is 2.21. The predicted octanol–water partition coefficient (Wildman–Crippen LogP) is 3.69. The molecule has 0 fully saturated rings. The SMILES string of the molecule is COc1cc(CNC(=O)CN(c2ccc(C(C)C)cc2)S(C)(=O)=O)ccc1OC(C)C. The van der Waals surface area contributed by atoms with E-state index in [1.165, 1.54) is 0 Å². The number of rotatable bonds is 10. The number of anilines is 1. The molecule has 0 aliphatic rings. The Morgan fingerprint density at radius 2 is 1.68 bits per heavy atom. The molecule has 8 heteroatoms. The third-order valence-electron chi connectivity index (χ3n) is 4.62. The standard InChI is InChI=1S/C23H32N2O5S/c1-16(2)19-8-10-20(11-9-19)25(31(6,27)28)15-23(26)24-14-18-7-12-21(30-17(3)4)22(13-18)29-5/h7-13,16-17H,14-15H2,1-6H3,(H,24,26). The quantitative estimate of drug-likeness (QED) is 0.599.